The first-order valence-electron chi connectivity index (χ1n) is 5.15. The summed E-state index contributed by atoms with van der Waals surface area (Å²) in [4.78, 5) is 14.5. The normalized spacial score (nSPS) is 17.1. The van der Waals surface area contributed by atoms with Crippen molar-refractivity contribution in [3.8, 4) is 5.75 Å². The van der Waals surface area contributed by atoms with Crippen molar-refractivity contribution in [2.24, 2.45) is 4.99 Å². The molecule has 0 heterocycles. The van der Waals surface area contributed by atoms with Gasteiger partial charge in [0, 0.05) is 5.56 Å². The third-order valence-electron chi connectivity index (χ3n) is 3.11. The van der Waals surface area contributed by atoms with Crippen molar-refractivity contribution >= 4 is 22.0 Å². The van der Waals surface area contributed by atoms with Crippen molar-refractivity contribution in [2.45, 2.75) is 24.8 Å². The predicted molar refractivity (Wildman–Crippen MR) is 64.3 cm³/mol. The Morgan fingerprint density at radius 3 is 2.75 bits per heavy atom. The summed E-state index contributed by atoms with van der Waals surface area (Å²) in [5, 5.41) is 0. The van der Waals surface area contributed by atoms with Gasteiger partial charge in [-0.25, -0.2) is 4.79 Å². The highest BCUT2D eigenvalue weighted by molar-refractivity contribution is 9.10. The van der Waals surface area contributed by atoms with Gasteiger partial charge >= 0.3 is 0 Å². The van der Waals surface area contributed by atoms with E-state index < -0.39 is 5.54 Å². The van der Waals surface area contributed by atoms with Gasteiger partial charge in [-0.1, -0.05) is 12.1 Å². The number of nitrogens with zero attached hydrogens (tertiary/aromatic N) is 1. The van der Waals surface area contributed by atoms with Crippen LogP contribution in [-0.2, 0) is 10.3 Å². The van der Waals surface area contributed by atoms with Gasteiger partial charge in [-0.05, 0) is 41.3 Å². The maximum Gasteiger partial charge on any atom is 0.235 e. The van der Waals surface area contributed by atoms with Gasteiger partial charge in [-0.15, -0.1) is 0 Å². The molecule has 0 N–H and O–H groups in total. The van der Waals surface area contributed by atoms with Crippen LogP contribution in [-0.4, -0.2) is 13.2 Å². The van der Waals surface area contributed by atoms with Gasteiger partial charge in [0.15, 0.2) is 0 Å². The molecular weight excluding hydrogens is 270 g/mol. The van der Waals surface area contributed by atoms with Crippen LogP contribution in [0.25, 0.3) is 0 Å². The second kappa shape index (κ2) is 4.40. The standard InChI is InChI=1S/C12H12BrNO2/c1-16-11-9(4-2-5-10(11)13)12(14-8-15)6-3-7-12/h2,4-5H,3,6-7H2,1H3. The first kappa shape index (κ1) is 11.4. The van der Waals surface area contributed by atoms with E-state index in [0.717, 1.165) is 35.0 Å². The largest absolute Gasteiger partial charge is 0.495 e. The van der Waals surface area contributed by atoms with E-state index in [4.69, 9.17) is 4.74 Å². The molecule has 0 aliphatic heterocycles. The number of aliphatic imine (C=N–C) groups is 1. The van der Waals surface area contributed by atoms with Crippen LogP contribution < -0.4 is 4.74 Å². The van der Waals surface area contributed by atoms with Crippen LogP contribution in [0.3, 0.4) is 0 Å². The molecule has 4 heteroatoms. The average molecular weight is 282 g/mol. The van der Waals surface area contributed by atoms with Gasteiger partial charge in [0.1, 0.15) is 11.3 Å². The van der Waals surface area contributed by atoms with Crippen LogP contribution in [0.4, 0.5) is 0 Å². The summed E-state index contributed by atoms with van der Waals surface area (Å²) in [6.07, 6.45) is 4.54. The lowest BCUT2D eigenvalue weighted by Gasteiger charge is -2.38. The van der Waals surface area contributed by atoms with Gasteiger partial charge in [0.05, 0.1) is 11.6 Å². The zero-order chi connectivity index (χ0) is 11.6. The summed E-state index contributed by atoms with van der Waals surface area (Å²) in [6.45, 7) is 0. The highest BCUT2D eigenvalue weighted by atomic mass is 79.9. The molecule has 1 aliphatic carbocycles. The van der Waals surface area contributed by atoms with Crippen molar-refractivity contribution in [2.75, 3.05) is 7.11 Å². The summed E-state index contributed by atoms with van der Waals surface area (Å²) in [5.74, 6) is 0.765. The van der Waals surface area contributed by atoms with E-state index in [1.165, 1.54) is 0 Å². The molecule has 16 heavy (non-hydrogen) atoms. The minimum atomic E-state index is -0.406. The van der Waals surface area contributed by atoms with Crippen LogP contribution in [0.15, 0.2) is 27.7 Å². The Labute approximate surface area is 103 Å². The molecular formula is C12H12BrNO2. The van der Waals surface area contributed by atoms with Crippen LogP contribution in [0.1, 0.15) is 24.8 Å². The second-order valence-electron chi connectivity index (χ2n) is 3.91. The summed E-state index contributed by atoms with van der Waals surface area (Å²) < 4.78 is 6.26. The zero-order valence-electron chi connectivity index (χ0n) is 9.00. The molecule has 84 valence electrons. The highest BCUT2D eigenvalue weighted by Crippen LogP contribution is 2.49. The lowest BCUT2D eigenvalue weighted by atomic mass is 9.72. The van der Waals surface area contributed by atoms with E-state index in [9.17, 15) is 4.79 Å². The summed E-state index contributed by atoms with van der Waals surface area (Å²) in [6, 6.07) is 5.81. The number of ether oxygens (including phenoxy) is 1. The van der Waals surface area contributed by atoms with Gasteiger partial charge in [-0.2, -0.15) is 4.99 Å². The first-order chi connectivity index (χ1) is 7.73. The molecule has 3 nitrogen and oxygen atoms in total. The topological polar surface area (TPSA) is 38.7 Å². The summed E-state index contributed by atoms with van der Waals surface area (Å²) in [7, 11) is 1.63. The van der Waals surface area contributed by atoms with E-state index in [1.54, 1.807) is 13.2 Å². The van der Waals surface area contributed by atoms with Crippen LogP contribution in [0, 0.1) is 0 Å². The molecule has 0 aromatic heterocycles. The Hall–Kier alpha value is -1.12. The zero-order valence-corrected chi connectivity index (χ0v) is 10.6. The van der Waals surface area contributed by atoms with Crippen LogP contribution >= 0.6 is 15.9 Å². The number of hydrogen-bond acceptors (Lipinski definition) is 3. The molecule has 0 radical (unpaired) electrons. The summed E-state index contributed by atoms with van der Waals surface area (Å²) in [5.41, 5.74) is 0.565. The van der Waals surface area contributed by atoms with Gasteiger partial charge in [-0.3, -0.25) is 0 Å². The van der Waals surface area contributed by atoms with Crippen molar-refractivity contribution in [3.05, 3.63) is 28.2 Å². The van der Waals surface area contributed by atoms with Gasteiger partial charge in [0.25, 0.3) is 0 Å². The minimum Gasteiger partial charge on any atom is -0.495 e. The van der Waals surface area contributed by atoms with Crippen LogP contribution in [0.2, 0.25) is 0 Å². The average Bonchev–Trinajstić information content (AvgIpc) is 2.23. The number of methoxy groups -OCH3 is 1. The van der Waals surface area contributed by atoms with Crippen LogP contribution in [0.5, 0.6) is 5.75 Å². The quantitative estimate of drug-likeness (QED) is 0.631. The maximum atomic E-state index is 10.5. The molecule has 1 fully saturated rings. The van der Waals surface area contributed by atoms with Gasteiger partial charge < -0.3 is 4.74 Å². The molecule has 2 rings (SSSR count). The molecule has 0 amide bonds. The Bertz CT molecular complexity index is 448. The Balaban J connectivity index is 2.54. The van der Waals surface area contributed by atoms with Crippen molar-refractivity contribution in [1.82, 2.24) is 0 Å². The summed E-state index contributed by atoms with van der Waals surface area (Å²) >= 11 is 3.44. The number of hydrogen-bond donors (Lipinski definition) is 0. The molecule has 0 bridgehead atoms. The first-order valence-corrected chi connectivity index (χ1v) is 5.95. The number of isocyanates is 1. The Kier molecular flexibility index (Phi) is 3.13. The van der Waals surface area contributed by atoms with Crippen molar-refractivity contribution in [3.63, 3.8) is 0 Å². The molecule has 1 aliphatic rings. The van der Waals surface area contributed by atoms with Crippen molar-refractivity contribution < 1.29 is 9.53 Å². The second-order valence-corrected chi connectivity index (χ2v) is 4.76. The minimum absolute atomic E-state index is 0.406. The Morgan fingerprint density at radius 2 is 2.25 bits per heavy atom. The van der Waals surface area contributed by atoms with Crippen molar-refractivity contribution in [1.29, 1.82) is 0 Å². The molecule has 0 spiro atoms. The lowest BCUT2D eigenvalue weighted by Crippen LogP contribution is -2.32. The SMILES string of the molecule is COc1c(Br)cccc1C1(N=C=O)CCC1. The predicted octanol–water partition coefficient (Wildman–Crippen LogP) is 3.17. The number of para-hydroxylation sites is 1. The molecule has 1 aromatic rings. The van der Waals surface area contributed by atoms with E-state index >= 15 is 0 Å². The number of benzene rings is 1. The number of carbonyl (C=O) groups excluding carboxylic acids is 1. The third kappa shape index (κ3) is 1.68. The molecule has 0 atom stereocenters. The number of halogens is 1. The monoisotopic (exact) mass is 281 g/mol. The van der Waals surface area contributed by atoms with Gasteiger partial charge in [0.2, 0.25) is 6.08 Å². The van der Waals surface area contributed by atoms with E-state index in [0.29, 0.717) is 0 Å². The third-order valence-corrected chi connectivity index (χ3v) is 3.74. The Morgan fingerprint density at radius 1 is 1.50 bits per heavy atom. The molecule has 0 saturated heterocycles. The maximum absolute atomic E-state index is 10.5. The molecule has 1 aromatic carbocycles. The van der Waals surface area contributed by atoms with E-state index in [-0.39, 0.29) is 0 Å². The smallest absolute Gasteiger partial charge is 0.235 e. The fourth-order valence-corrected chi connectivity index (χ4v) is 2.65. The molecule has 0 unspecified atom stereocenters. The fraction of sp³-hybridized carbons (Fsp3) is 0.417. The fourth-order valence-electron chi connectivity index (χ4n) is 2.12. The van der Waals surface area contributed by atoms with E-state index in [1.807, 2.05) is 18.2 Å². The highest BCUT2D eigenvalue weighted by Gasteiger charge is 2.41. The number of rotatable bonds is 3. The molecule has 1 saturated carbocycles. The van der Waals surface area contributed by atoms with E-state index in [2.05, 4.69) is 20.9 Å². The lowest BCUT2D eigenvalue weighted by molar-refractivity contribution is 0.245.